The Hall–Kier alpha value is -12.6. The average Bonchev–Trinajstić information content (AvgIpc) is 1.61. The largest absolute Gasteiger partial charge is 0.618 e. The fourth-order valence-electron chi connectivity index (χ4n) is 12.5. The molecule has 18 aromatic rings. The van der Waals surface area contributed by atoms with E-state index >= 15 is 0 Å². The molecule has 0 spiro atoms. The molecule has 12 aromatic carbocycles. The van der Waals surface area contributed by atoms with Crippen LogP contribution in [-0.2, 0) is 68.6 Å². The topological polar surface area (TPSA) is 123 Å². The maximum atomic E-state index is 13.2. The van der Waals surface area contributed by atoms with Crippen LogP contribution in [0, 0.1) is 55.0 Å². The van der Waals surface area contributed by atoms with Crippen LogP contribution >= 0.6 is 0 Å². The molecule has 0 aliphatic carbocycles. The van der Waals surface area contributed by atoms with Crippen molar-refractivity contribution in [2.45, 2.75) is 33.1 Å². The van der Waals surface area contributed by atoms with Gasteiger partial charge in [0.25, 0.3) is 0 Å². The summed E-state index contributed by atoms with van der Waals surface area (Å²) in [6.45, 7) is 8.69. The van der Waals surface area contributed by atoms with Crippen molar-refractivity contribution in [1.82, 2.24) is 45.5 Å². The van der Waals surface area contributed by atoms with Gasteiger partial charge in [0.2, 0.25) is 0 Å². The van der Waals surface area contributed by atoms with E-state index in [0.717, 1.165) is 119 Å². The fraction of sp³-hybridized carbons (Fsp3) is 0.0680. The molecule has 0 aliphatic heterocycles. The molecule has 0 saturated carbocycles. The summed E-state index contributed by atoms with van der Waals surface area (Å²) in [5, 5.41) is 26.5. The minimum atomic E-state index is -0.649. The van der Waals surface area contributed by atoms with Crippen molar-refractivity contribution < 1.29 is 72.0 Å². The van der Waals surface area contributed by atoms with Gasteiger partial charge in [0.15, 0.2) is 0 Å². The van der Waals surface area contributed by atoms with Crippen molar-refractivity contribution >= 4 is 5.69 Å². The van der Waals surface area contributed by atoms with Gasteiger partial charge in [0.1, 0.15) is 0 Å². The van der Waals surface area contributed by atoms with E-state index in [1.54, 1.807) is 36.8 Å². The van der Waals surface area contributed by atoms with Gasteiger partial charge >= 0.3 is 0 Å². The van der Waals surface area contributed by atoms with Gasteiger partial charge in [0.05, 0.1) is 0 Å². The molecular weight excluding hydrogens is 2000 g/mol. The number of hydrogen-bond acceptors (Lipinski definition) is 7. The van der Waals surface area contributed by atoms with Gasteiger partial charge in [0, 0.05) is 111 Å². The number of nitrogens with zero attached hydrogens (tertiary/aromatic N) is 10. The maximum absolute atomic E-state index is 13.2. The summed E-state index contributed by atoms with van der Waals surface area (Å²) in [5.74, 6) is -1.29. The number of hydrogen-bond donors (Lipinski definition) is 0. The quantitative estimate of drug-likeness (QED) is 0.103. The van der Waals surface area contributed by atoms with Gasteiger partial charge in [-0.1, -0.05) is 250 Å². The van der Waals surface area contributed by atoms with Gasteiger partial charge in [-0.3, -0.25) is 8.78 Å². The van der Waals surface area contributed by atoms with Crippen LogP contribution in [0.4, 0.5) is 14.5 Å². The summed E-state index contributed by atoms with van der Waals surface area (Å²) >= 11 is 0. The van der Waals surface area contributed by atoms with Crippen LogP contribution in [-0.4, -0.2) is 44.3 Å². The molecule has 0 N–H and O–H groups in total. The molecule has 0 atom stereocenters. The molecule has 0 amide bonds. The molecular formula is C103H79F2N10Pt3-9. The van der Waals surface area contributed by atoms with Crippen molar-refractivity contribution in [3.05, 3.63) is 430 Å². The number of benzene rings is 12. The third-order valence-corrected chi connectivity index (χ3v) is 18.4. The average molecular weight is 2080 g/mol. The Morgan fingerprint density at radius 2 is 0.712 bits per heavy atom. The standard InChI is InChI=1S/C25H22N2.C23H19N3.C22H16N2.C11H6F2N.2C11H8N.3Pt/c1-25(2,3)22-23(20-12-8-5-9-13-20)26-27-24(22)21-16-14-19(15-17-21)18-10-6-4-7-11-18;1-26(2)21-14-12-20(13-15-21)23-16-22(24-25-23)19-10-8-18(9-11-19)17-6-4-3-5-7-17;1-16-21(19-10-6-3-7-11-19)23-24-22(16)20-14-12-18(13-15-20)17-8-4-2-5-9-17;12-8-4-5-9(10(13)7-8)11-3-1-2-6-14-11;2*1-2-6-10(7-3-1)11-8-4-5-9-12-11;;;/h4-12,14-17H,1-3H3;3-12,14-16H,1-2H3;2-10,12-15H,1H3;1-4,6-7H;2*1-6,8-9H;;;/q3*-2;3*-1;;;. The Bertz CT molecular complexity index is 5780. The summed E-state index contributed by atoms with van der Waals surface area (Å²) in [4.78, 5) is 14.4. The van der Waals surface area contributed by atoms with Gasteiger partial charge in [-0.2, -0.15) is 22.4 Å². The SMILES string of the molecule is CC(C)(C)c1c(-c2ccc(-c3ccccc3)cc2)n[n-]c1-c1[c-]cccc1.CN(C)c1c[c-]c(-c2cc(-c3ccc(-c4ccccc4)cc3)n[n-]2)cc1.Cc1c(-c2ccc(-c3ccccc3)cc2)n[n-]c1-c1[c-]cccc1.Fc1c[c-]c(-c2ccccn2)c(F)c1.[Pt].[Pt].[Pt].[c-]1ccccc1-c1ccccn1.[c-]1ccccc1-c1ccccn1. The summed E-state index contributed by atoms with van der Waals surface area (Å²) in [7, 11) is 4.03. The normalized spacial score (nSPS) is 10.3. The van der Waals surface area contributed by atoms with Gasteiger partial charge < -0.3 is 50.4 Å². The number of anilines is 1. The first kappa shape index (κ1) is 87.8. The van der Waals surface area contributed by atoms with Crippen LogP contribution in [0.1, 0.15) is 31.9 Å². The molecule has 594 valence electrons. The van der Waals surface area contributed by atoms with E-state index in [2.05, 4.69) is 266 Å². The summed E-state index contributed by atoms with van der Waals surface area (Å²) in [6.07, 6.45) is 5.12. The molecule has 0 bridgehead atoms. The van der Waals surface area contributed by atoms with Crippen molar-refractivity contribution in [2.24, 2.45) is 0 Å². The second kappa shape index (κ2) is 44.0. The van der Waals surface area contributed by atoms with Crippen LogP contribution in [0.3, 0.4) is 0 Å². The Balaban J connectivity index is 0.000000153. The molecule has 6 heterocycles. The Morgan fingerprint density at radius 1 is 0.322 bits per heavy atom. The number of rotatable bonds is 13. The zero-order chi connectivity index (χ0) is 79.6. The van der Waals surface area contributed by atoms with Crippen molar-refractivity contribution in [3.8, 4) is 135 Å². The van der Waals surface area contributed by atoms with Crippen LogP contribution < -0.4 is 20.2 Å². The molecule has 0 fully saturated rings. The molecule has 18 rings (SSSR count). The number of aromatic nitrogens is 9. The second-order valence-corrected chi connectivity index (χ2v) is 27.6. The molecule has 0 saturated heterocycles. The minimum Gasteiger partial charge on any atom is -0.618 e. The Labute approximate surface area is 733 Å². The summed E-state index contributed by atoms with van der Waals surface area (Å²) < 4.78 is 25.8. The molecule has 10 nitrogen and oxygen atoms in total. The number of halogens is 2. The van der Waals surface area contributed by atoms with Crippen molar-refractivity contribution in [2.75, 3.05) is 19.0 Å². The molecule has 0 radical (unpaired) electrons. The molecule has 0 unspecified atom stereocenters. The van der Waals surface area contributed by atoms with Gasteiger partial charge in [-0.05, 0) is 117 Å². The first-order valence-electron chi connectivity index (χ1n) is 37.5. The second-order valence-electron chi connectivity index (χ2n) is 27.6. The van der Waals surface area contributed by atoms with E-state index < -0.39 is 11.6 Å². The van der Waals surface area contributed by atoms with Crippen LogP contribution in [0.5, 0.6) is 0 Å². The Kier molecular flexibility index (Phi) is 32.7. The van der Waals surface area contributed by atoms with Crippen molar-refractivity contribution in [1.29, 1.82) is 0 Å². The predicted molar refractivity (Wildman–Crippen MR) is 461 cm³/mol. The minimum absolute atomic E-state index is 0. The van der Waals surface area contributed by atoms with Crippen molar-refractivity contribution in [3.63, 3.8) is 0 Å². The van der Waals surface area contributed by atoms with E-state index in [1.165, 1.54) is 33.4 Å². The maximum Gasteiger partial charge on any atom is 0.0411 e. The Morgan fingerprint density at radius 3 is 1.12 bits per heavy atom. The van der Waals surface area contributed by atoms with Gasteiger partial charge in [-0.15, -0.1) is 169 Å². The third kappa shape index (κ3) is 23.8. The third-order valence-electron chi connectivity index (χ3n) is 18.4. The monoisotopic (exact) mass is 2080 g/mol. The van der Waals surface area contributed by atoms with Crippen LogP contribution in [0.15, 0.2) is 370 Å². The van der Waals surface area contributed by atoms with Crippen LogP contribution in [0.2, 0.25) is 0 Å². The first-order chi connectivity index (χ1) is 56.3. The van der Waals surface area contributed by atoms with Gasteiger partial charge in [-0.25, -0.2) is 11.4 Å². The zero-order valence-electron chi connectivity index (χ0n) is 65.4. The zero-order valence-corrected chi connectivity index (χ0v) is 72.2. The van der Waals surface area contributed by atoms with Crippen LogP contribution in [0.25, 0.3) is 135 Å². The molecule has 118 heavy (non-hydrogen) atoms. The summed E-state index contributed by atoms with van der Waals surface area (Å²) in [6, 6.07) is 133. The van der Waals surface area contributed by atoms with E-state index in [4.69, 9.17) is 0 Å². The van der Waals surface area contributed by atoms with E-state index in [9.17, 15) is 8.78 Å². The number of pyridine rings is 3. The smallest absolute Gasteiger partial charge is 0.0411 e. The fourth-order valence-corrected chi connectivity index (χ4v) is 12.5. The summed E-state index contributed by atoms with van der Waals surface area (Å²) in [5.41, 5.74) is 26.8. The van der Waals surface area contributed by atoms with E-state index in [-0.39, 0.29) is 74.2 Å². The first-order valence-corrected chi connectivity index (χ1v) is 37.5. The molecule has 0 aliphatic rings. The van der Waals surface area contributed by atoms with E-state index in [0.29, 0.717) is 5.69 Å². The predicted octanol–water partition coefficient (Wildman–Crippen LogP) is 24.1. The molecule has 6 aromatic heterocycles. The van der Waals surface area contributed by atoms with E-state index in [1.807, 2.05) is 184 Å². The molecule has 15 heteroatoms.